The highest BCUT2D eigenvalue weighted by Crippen LogP contribution is 2.35. The van der Waals surface area contributed by atoms with Crippen LogP contribution in [-0.4, -0.2) is 45.8 Å². The van der Waals surface area contributed by atoms with Gasteiger partial charge >= 0.3 is 0 Å². The van der Waals surface area contributed by atoms with Gasteiger partial charge in [-0.25, -0.2) is 9.87 Å². The van der Waals surface area contributed by atoms with E-state index < -0.39 is 24.4 Å². The normalized spacial score (nSPS) is 14.1. The molecular weight excluding hydrogens is 437 g/mol. The molecule has 2 aromatic rings. The van der Waals surface area contributed by atoms with E-state index in [9.17, 15) is 19.1 Å². The van der Waals surface area contributed by atoms with Crippen molar-refractivity contribution >= 4 is 39.1 Å². The Morgan fingerprint density at radius 2 is 2.18 bits per heavy atom. The molecule has 0 bridgehead atoms. The van der Waals surface area contributed by atoms with Gasteiger partial charge in [0.15, 0.2) is 5.78 Å². The van der Waals surface area contributed by atoms with Crippen molar-refractivity contribution in [3.63, 3.8) is 0 Å². The number of Topliss-reactive ketones (excluding diaryl/α,β-unsaturated/α-hetero) is 1. The van der Waals surface area contributed by atoms with Gasteiger partial charge in [-0.1, -0.05) is 15.9 Å². The van der Waals surface area contributed by atoms with Crippen LogP contribution in [0.5, 0.6) is 0 Å². The lowest BCUT2D eigenvalue weighted by Gasteiger charge is -2.14. The smallest absolute Gasteiger partial charge is 0.278 e. The van der Waals surface area contributed by atoms with Crippen molar-refractivity contribution in [2.24, 2.45) is 7.05 Å². The summed E-state index contributed by atoms with van der Waals surface area (Å²) in [5.74, 6) is -1.02. The molecule has 0 fully saturated rings. The number of carbonyl (C=O) groups excluding carboxylic acids is 2. The van der Waals surface area contributed by atoms with Crippen LogP contribution in [-0.2, 0) is 18.3 Å². The summed E-state index contributed by atoms with van der Waals surface area (Å²) in [6, 6.07) is 4.44. The summed E-state index contributed by atoms with van der Waals surface area (Å²) in [6.45, 7) is -0.818. The van der Waals surface area contributed by atoms with E-state index in [4.69, 9.17) is 9.94 Å². The number of amides is 1. The molecule has 28 heavy (non-hydrogen) atoms. The first-order chi connectivity index (χ1) is 13.3. The summed E-state index contributed by atoms with van der Waals surface area (Å²) in [6.07, 6.45) is -0.470. The minimum absolute atomic E-state index is 0.104. The van der Waals surface area contributed by atoms with Crippen LogP contribution in [0, 0.1) is 5.82 Å². The molecule has 150 valence electrons. The molecule has 10 heteroatoms. The van der Waals surface area contributed by atoms with Gasteiger partial charge in [-0.3, -0.25) is 14.4 Å². The molecule has 1 aliphatic carbocycles. The molecule has 1 aliphatic rings. The average Bonchev–Trinajstić information content (AvgIpc) is 3.15. The predicted octanol–water partition coefficient (Wildman–Crippen LogP) is 1.81. The highest BCUT2D eigenvalue weighted by molar-refractivity contribution is 9.10. The van der Waals surface area contributed by atoms with Gasteiger partial charge in [0.05, 0.1) is 23.6 Å². The van der Waals surface area contributed by atoms with Gasteiger partial charge in [-0.2, -0.15) is 0 Å². The van der Waals surface area contributed by atoms with Gasteiger partial charge in [0.25, 0.3) is 5.91 Å². The topological polar surface area (TPSA) is 113 Å². The monoisotopic (exact) mass is 455 g/mol. The molecule has 1 aromatic carbocycles. The first-order valence-electron chi connectivity index (χ1n) is 8.51. The number of hydrogen-bond donors (Lipinski definition) is 4. The number of benzene rings is 1. The lowest BCUT2D eigenvalue weighted by Crippen LogP contribution is -2.30. The van der Waals surface area contributed by atoms with Crippen molar-refractivity contribution < 1.29 is 29.0 Å². The molecule has 8 nitrogen and oxygen atoms in total. The highest BCUT2D eigenvalue weighted by atomic mass is 79.9. The van der Waals surface area contributed by atoms with Crippen molar-refractivity contribution in [3.05, 3.63) is 45.3 Å². The first-order valence-corrected chi connectivity index (χ1v) is 9.30. The largest absolute Gasteiger partial charge is 0.394 e. The van der Waals surface area contributed by atoms with Crippen molar-refractivity contribution in [1.82, 2.24) is 10.0 Å². The number of nitrogens with one attached hydrogen (secondary N) is 2. The number of ketones is 1. The predicted molar refractivity (Wildman–Crippen MR) is 102 cm³/mol. The zero-order valence-corrected chi connectivity index (χ0v) is 16.5. The molecule has 1 aromatic heterocycles. The maximum Gasteiger partial charge on any atom is 0.278 e. The summed E-state index contributed by atoms with van der Waals surface area (Å²) in [5.41, 5.74) is 3.45. The van der Waals surface area contributed by atoms with Crippen molar-refractivity contribution in [2.75, 3.05) is 18.5 Å². The summed E-state index contributed by atoms with van der Waals surface area (Å²) in [7, 11) is 1.62. The number of hydrogen-bond acceptors (Lipinski definition) is 6. The fraction of sp³-hybridized carbons (Fsp3) is 0.333. The van der Waals surface area contributed by atoms with Crippen LogP contribution < -0.4 is 10.8 Å². The number of rotatable bonds is 7. The zero-order chi connectivity index (χ0) is 20.4. The molecule has 1 atom stereocenters. The van der Waals surface area contributed by atoms with Crippen LogP contribution in [0.25, 0.3) is 0 Å². The second-order valence-corrected chi connectivity index (χ2v) is 7.28. The Balaban J connectivity index is 1.94. The molecular formula is C18H19BrFN3O5. The van der Waals surface area contributed by atoms with E-state index >= 15 is 0 Å². The summed E-state index contributed by atoms with van der Waals surface area (Å²) >= 11 is 3.19. The second-order valence-electron chi connectivity index (χ2n) is 6.36. The third kappa shape index (κ3) is 3.95. The van der Waals surface area contributed by atoms with Gasteiger partial charge in [-0.15, -0.1) is 0 Å². The third-order valence-corrected chi connectivity index (χ3v) is 4.92. The Morgan fingerprint density at radius 1 is 1.43 bits per heavy atom. The molecule has 4 N–H and O–H groups in total. The van der Waals surface area contributed by atoms with Gasteiger partial charge in [0.1, 0.15) is 24.3 Å². The minimum atomic E-state index is -1.14. The Kier molecular flexibility index (Phi) is 6.14. The SMILES string of the molecule is Cn1c(Nc2ccc(Br)cc2F)c(C(=O)NOCC(O)CO)c2c1C(=O)CC2. The fourth-order valence-corrected chi connectivity index (χ4v) is 3.45. The number of carbonyl (C=O) groups is 2. The number of aliphatic hydroxyl groups is 2. The Labute approximate surface area is 168 Å². The van der Waals surface area contributed by atoms with E-state index in [0.717, 1.165) is 0 Å². The number of aliphatic hydroxyl groups excluding tert-OH is 2. The summed E-state index contributed by atoms with van der Waals surface area (Å²) in [5, 5.41) is 21.0. The number of halogens is 2. The van der Waals surface area contributed by atoms with E-state index in [2.05, 4.69) is 26.7 Å². The van der Waals surface area contributed by atoms with Gasteiger partial charge in [0.2, 0.25) is 0 Å². The van der Waals surface area contributed by atoms with Crippen molar-refractivity contribution in [2.45, 2.75) is 18.9 Å². The van der Waals surface area contributed by atoms with E-state index in [1.807, 2.05) is 0 Å². The van der Waals surface area contributed by atoms with Crippen LogP contribution in [0.1, 0.15) is 32.8 Å². The highest BCUT2D eigenvalue weighted by Gasteiger charge is 2.33. The van der Waals surface area contributed by atoms with E-state index in [1.165, 1.54) is 16.7 Å². The maximum absolute atomic E-state index is 14.3. The van der Waals surface area contributed by atoms with Crippen LogP contribution in [0.2, 0.25) is 0 Å². The lowest BCUT2D eigenvalue weighted by molar-refractivity contribution is -0.0295. The van der Waals surface area contributed by atoms with Gasteiger partial charge < -0.3 is 20.1 Å². The van der Waals surface area contributed by atoms with Crippen molar-refractivity contribution in [1.29, 1.82) is 0 Å². The molecule has 0 aliphatic heterocycles. The molecule has 3 rings (SSSR count). The minimum Gasteiger partial charge on any atom is -0.394 e. The van der Waals surface area contributed by atoms with Crippen LogP contribution in [0.3, 0.4) is 0 Å². The first kappa shape index (κ1) is 20.5. The number of anilines is 2. The Morgan fingerprint density at radius 3 is 2.86 bits per heavy atom. The molecule has 1 amide bonds. The van der Waals surface area contributed by atoms with E-state index in [-0.39, 0.29) is 35.9 Å². The van der Waals surface area contributed by atoms with E-state index in [1.54, 1.807) is 13.1 Å². The average molecular weight is 456 g/mol. The molecule has 0 saturated carbocycles. The molecule has 0 radical (unpaired) electrons. The van der Waals surface area contributed by atoms with Gasteiger partial charge in [-0.05, 0) is 30.2 Å². The number of fused-ring (bicyclic) bond motifs is 1. The molecule has 1 heterocycles. The number of hydroxylamine groups is 1. The van der Waals surface area contributed by atoms with Gasteiger partial charge in [0, 0.05) is 17.9 Å². The molecule has 1 unspecified atom stereocenters. The quantitative estimate of drug-likeness (QED) is 0.473. The number of nitrogens with zero attached hydrogens (tertiary/aromatic N) is 1. The Bertz CT molecular complexity index is 930. The van der Waals surface area contributed by atoms with Crippen LogP contribution >= 0.6 is 15.9 Å². The fourth-order valence-electron chi connectivity index (χ4n) is 3.12. The molecule has 0 saturated heterocycles. The third-order valence-electron chi connectivity index (χ3n) is 4.42. The number of aromatic nitrogens is 1. The summed E-state index contributed by atoms with van der Waals surface area (Å²) < 4.78 is 16.4. The van der Waals surface area contributed by atoms with Crippen LogP contribution in [0.15, 0.2) is 22.7 Å². The summed E-state index contributed by atoms with van der Waals surface area (Å²) in [4.78, 5) is 29.9. The molecule has 0 spiro atoms. The standard InChI is InChI=1S/C18H19BrFN3O5/c1-23-16-11(3-5-14(16)26)15(18(27)22-28-8-10(25)7-24)17(23)21-13-4-2-9(19)6-12(13)20/h2,4,6,10,21,24-25H,3,5,7-8H2,1H3,(H,22,27). The van der Waals surface area contributed by atoms with E-state index in [0.29, 0.717) is 22.2 Å². The van der Waals surface area contributed by atoms with Crippen molar-refractivity contribution in [3.8, 4) is 0 Å². The second kappa shape index (κ2) is 8.39. The zero-order valence-electron chi connectivity index (χ0n) is 15.0. The Hall–Kier alpha value is -2.27. The van der Waals surface area contributed by atoms with Crippen LogP contribution in [0.4, 0.5) is 15.9 Å². The maximum atomic E-state index is 14.3. The lowest BCUT2D eigenvalue weighted by atomic mass is 10.1.